The third-order valence-electron chi connectivity index (χ3n) is 7.06. The van der Waals surface area contributed by atoms with E-state index in [9.17, 15) is 4.79 Å². The minimum absolute atomic E-state index is 0.0640. The number of benzene rings is 1. The zero-order valence-corrected chi connectivity index (χ0v) is 20.0. The number of morpholine rings is 1. The molecular weight excluding hydrogens is 446 g/mol. The maximum absolute atomic E-state index is 13.5. The van der Waals surface area contributed by atoms with Crippen LogP contribution in [0.4, 0.5) is 0 Å². The molecule has 1 saturated heterocycles. The fourth-order valence-electron chi connectivity index (χ4n) is 5.22. The van der Waals surface area contributed by atoms with Gasteiger partial charge in [0.25, 0.3) is 5.56 Å². The minimum atomic E-state index is 0.0640. The summed E-state index contributed by atoms with van der Waals surface area (Å²) in [6.07, 6.45) is 6.47. The second-order valence-electron chi connectivity index (χ2n) is 9.20. The molecule has 1 aromatic carbocycles. The highest BCUT2D eigenvalue weighted by Gasteiger charge is 2.25. The number of rotatable bonds is 6. The molecule has 1 aliphatic carbocycles. The first-order valence-corrected chi connectivity index (χ1v) is 12.9. The monoisotopic (exact) mass is 475 g/mol. The molecule has 0 saturated carbocycles. The van der Waals surface area contributed by atoms with Crippen LogP contribution in [0.5, 0.6) is 0 Å². The summed E-state index contributed by atoms with van der Waals surface area (Å²) in [5.74, 6) is 0. The van der Waals surface area contributed by atoms with Crippen molar-refractivity contribution in [3.8, 4) is 0 Å². The van der Waals surface area contributed by atoms with Crippen LogP contribution in [0.25, 0.3) is 21.1 Å². The summed E-state index contributed by atoms with van der Waals surface area (Å²) < 4.78 is 7.18. The van der Waals surface area contributed by atoms with Crippen LogP contribution in [0.15, 0.2) is 47.7 Å². The zero-order valence-electron chi connectivity index (χ0n) is 19.2. The van der Waals surface area contributed by atoms with Crippen LogP contribution in [-0.4, -0.2) is 64.9 Å². The van der Waals surface area contributed by atoms with Crippen LogP contribution in [0.1, 0.15) is 22.4 Å². The van der Waals surface area contributed by atoms with Crippen LogP contribution in [0, 0.1) is 0 Å². The third-order valence-corrected chi connectivity index (χ3v) is 8.22. The van der Waals surface area contributed by atoms with E-state index in [1.54, 1.807) is 28.4 Å². The van der Waals surface area contributed by atoms with Crippen molar-refractivity contribution in [3.63, 3.8) is 0 Å². The molecule has 1 N–H and O–H groups in total. The molecular formula is C26H29N5O2S. The Morgan fingerprint density at radius 1 is 1.15 bits per heavy atom. The Kier molecular flexibility index (Phi) is 6.13. The summed E-state index contributed by atoms with van der Waals surface area (Å²) in [6, 6.07) is 10.6. The average Bonchev–Trinajstić information content (AvgIpc) is 3.25. The average molecular weight is 476 g/mol. The van der Waals surface area contributed by atoms with Gasteiger partial charge in [-0.2, -0.15) is 0 Å². The largest absolute Gasteiger partial charge is 0.379 e. The molecule has 0 bridgehead atoms. The molecule has 34 heavy (non-hydrogen) atoms. The zero-order chi connectivity index (χ0) is 22.9. The number of thiophene rings is 1. The molecule has 4 heterocycles. The molecule has 0 radical (unpaired) electrons. The lowest BCUT2D eigenvalue weighted by atomic mass is 9.93. The van der Waals surface area contributed by atoms with Gasteiger partial charge in [-0.15, -0.1) is 11.3 Å². The van der Waals surface area contributed by atoms with Gasteiger partial charge < -0.3 is 10.1 Å². The summed E-state index contributed by atoms with van der Waals surface area (Å²) in [5.41, 5.74) is 3.26. The lowest BCUT2D eigenvalue weighted by molar-refractivity contribution is 0.0381. The van der Waals surface area contributed by atoms with E-state index in [0.717, 1.165) is 85.3 Å². The Bertz CT molecular complexity index is 1370. The predicted octanol–water partition coefficient (Wildman–Crippen LogP) is 2.83. The van der Waals surface area contributed by atoms with Crippen LogP contribution in [0.2, 0.25) is 0 Å². The number of hydrogen-bond acceptors (Lipinski definition) is 7. The minimum Gasteiger partial charge on any atom is -0.379 e. The fourth-order valence-corrected chi connectivity index (χ4v) is 6.48. The van der Waals surface area contributed by atoms with Gasteiger partial charge in [-0.3, -0.25) is 19.2 Å². The highest BCUT2D eigenvalue weighted by Crippen LogP contribution is 2.33. The van der Waals surface area contributed by atoms with E-state index in [0.29, 0.717) is 12.6 Å². The van der Waals surface area contributed by atoms with Crippen LogP contribution in [-0.2, 0) is 24.1 Å². The van der Waals surface area contributed by atoms with Crippen molar-refractivity contribution in [2.75, 3.05) is 39.4 Å². The van der Waals surface area contributed by atoms with Gasteiger partial charge in [0, 0.05) is 48.7 Å². The Morgan fingerprint density at radius 2 is 2.03 bits per heavy atom. The topological polar surface area (TPSA) is 72.3 Å². The van der Waals surface area contributed by atoms with Crippen molar-refractivity contribution >= 4 is 32.5 Å². The van der Waals surface area contributed by atoms with Crippen LogP contribution >= 0.6 is 11.3 Å². The van der Waals surface area contributed by atoms with Gasteiger partial charge in [-0.25, -0.2) is 4.98 Å². The molecule has 176 valence electrons. The summed E-state index contributed by atoms with van der Waals surface area (Å²) >= 11 is 1.69. The summed E-state index contributed by atoms with van der Waals surface area (Å²) in [6.45, 7) is 6.28. The summed E-state index contributed by atoms with van der Waals surface area (Å²) in [7, 11) is 0. The molecule has 1 aliphatic heterocycles. The molecule has 6 rings (SSSR count). The van der Waals surface area contributed by atoms with Gasteiger partial charge in [0.2, 0.25) is 0 Å². The fraction of sp³-hybridized carbons (Fsp3) is 0.423. The van der Waals surface area contributed by atoms with Crippen molar-refractivity contribution in [1.29, 1.82) is 0 Å². The first kappa shape index (κ1) is 21.9. The Balaban J connectivity index is 1.20. The van der Waals surface area contributed by atoms with E-state index in [4.69, 9.17) is 9.72 Å². The molecule has 7 nitrogen and oxygen atoms in total. The van der Waals surface area contributed by atoms with E-state index in [1.807, 2.05) is 18.2 Å². The SMILES string of the molecule is O=c1c2c3c(sc2ncn1Cc1cccc2cccnc12)CC(NCCN1CCOCC1)CC3. The van der Waals surface area contributed by atoms with Crippen molar-refractivity contribution in [3.05, 3.63) is 69.2 Å². The van der Waals surface area contributed by atoms with E-state index in [-0.39, 0.29) is 5.56 Å². The standard InChI is InChI=1S/C26H29N5O2S/c32-26-23-21-7-6-20(27-9-10-30-11-13-33-14-12-30)15-22(21)34-25(23)29-17-31(26)16-19-4-1-3-18-5-2-8-28-24(18)19/h1-5,8,17,20,27H,6-7,9-16H2. The quantitative estimate of drug-likeness (QED) is 0.462. The van der Waals surface area contributed by atoms with Crippen molar-refractivity contribution in [2.24, 2.45) is 0 Å². The van der Waals surface area contributed by atoms with Gasteiger partial charge >= 0.3 is 0 Å². The van der Waals surface area contributed by atoms with Crippen molar-refractivity contribution < 1.29 is 4.74 Å². The molecule has 3 aromatic heterocycles. The van der Waals surface area contributed by atoms with Crippen molar-refractivity contribution in [2.45, 2.75) is 31.8 Å². The predicted molar refractivity (Wildman–Crippen MR) is 136 cm³/mol. The maximum Gasteiger partial charge on any atom is 0.262 e. The smallest absolute Gasteiger partial charge is 0.262 e. The Morgan fingerprint density at radius 3 is 2.94 bits per heavy atom. The highest BCUT2D eigenvalue weighted by atomic mass is 32.1. The molecule has 0 amide bonds. The Labute approximate surface area is 202 Å². The lowest BCUT2D eigenvalue weighted by Gasteiger charge is -2.28. The number of aryl methyl sites for hydroxylation is 1. The van der Waals surface area contributed by atoms with Crippen LogP contribution < -0.4 is 10.9 Å². The highest BCUT2D eigenvalue weighted by molar-refractivity contribution is 7.18. The second-order valence-corrected chi connectivity index (χ2v) is 10.3. The van der Waals surface area contributed by atoms with E-state index in [1.165, 1.54) is 10.4 Å². The second kappa shape index (κ2) is 9.54. The molecule has 1 atom stereocenters. The lowest BCUT2D eigenvalue weighted by Crippen LogP contribution is -2.43. The number of hydrogen-bond donors (Lipinski definition) is 1. The normalized spacial score (nSPS) is 19.0. The van der Waals surface area contributed by atoms with Gasteiger partial charge in [0.1, 0.15) is 4.83 Å². The number of aromatic nitrogens is 3. The first-order chi connectivity index (χ1) is 16.8. The van der Waals surface area contributed by atoms with Crippen LogP contribution in [0.3, 0.4) is 0 Å². The van der Waals surface area contributed by atoms with Crippen molar-refractivity contribution in [1.82, 2.24) is 24.8 Å². The third kappa shape index (κ3) is 4.27. The molecule has 0 spiro atoms. The Hall–Kier alpha value is -2.65. The van der Waals surface area contributed by atoms with Gasteiger partial charge in [0.05, 0.1) is 37.0 Å². The molecule has 8 heteroatoms. The number of ether oxygens (including phenoxy) is 1. The maximum atomic E-state index is 13.5. The molecule has 2 aliphatic rings. The van der Waals surface area contributed by atoms with Gasteiger partial charge in [-0.05, 0) is 36.5 Å². The molecule has 1 fully saturated rings. The number of fused-ring (bicyclic) bond motifs is 4. The molecule has 1 unspecified atom stereocenters. The molecule has 4 aromatic rings. The van der Waals surface area contributed by atoms with Gasteiger partial charge in [0.15, 0.2) is 0 Å². The first-order valence-electron chi connectivity index (χ1n) is 12.1. The van der Waals surface area contributed by atoms with E-state index >= 15 is 0 Å². The number of nitrogens with zero attached hydrogens (tertiary/aromatic N) is 4. The van der Waals surface area contributed by atoms with E-state index < -0.39 is 0 Å². The number of nitrogens with one attached hydrogen (secondary N) is 1. The number of para-hydroxylation sites is 1. The van der Waals surface area contributed by atoms with E-state index in [2.05, 4.69) is 27.3 Å². The van der Waals surface area contributed by atoms with Gasteiger partial charge in [-0.1, -0.05) is 24.3 Å². The summed E-state index contributed by atoms with van der Waals surface area (Å²) in [5, 5.41) is 5.65. The number of pyridine rings is 1. The summed E-state index contributed by atoms with van der Waals surface area (Å²) in [4.78, 5) is 27.4.